The number of carbonyl (C=O) groups excluding carboxylic acids is 2. The number of rotatable bonds is 3. The van der Waals surface area contributed by atoms with E-state index in [-0.39, 0.29) is 5.70 Å². The van der Waals surface area contributed by atoms with Crippen molar-refractivity contribution in [2.45, 2.75) is 0 Å². The van der Waals surface area contributed by atoms with Gasteiger partial charge in [-0.05, 0) is 29.8 Å². The van der Waals surface area contributed by atoms with Crippen LogP contribution < -0.4 is 16.1 Å². The van der Waals surface area contributed by atoms with Gasteiger partial charge in [0.2, 0.25) is 0 Å². The van der Waals surface area contributed by atoms with Crippen molar-refractivity contribution in [2.24, 2.45) is 5.10 Å². The standard InChI is InChI=1S/C17H12Cl2N4O2/c18-11-6-5-10(7-12(11)19)9-20-23-16(24)8-15-17(25)22-14-4-2-1-3-13(14)21-15/h1-9,21H,(H,22,25)(H,23,24)/b15-8-,20-9-. The fourth-order valence-electron chi connectivity index (χ4n) is 2.12. The lowest BCUT2D eigenvalue weighted by molar-refractivity contribution is -0.117. The molecule has 0 spiro atoms. The van der Waals surface area contributed by atoms with Gasteiger partial charge in [-0.3, -0.25) is 9.59 Å². The molecule has 1 aliphatic heterocycles. The zero-order chi connectivity index (χ0) is 17.8. The quantitative estimate of drug-likeness (QED) is 0.437. The molecule has 0 saturated carbocycles. The van der Waals surface area contributed by atoms with Crippen LogP contribution >= 0.6 is 23.2 Å². The molecule has 0 bridgehead atoms. The summed E-state index contributed by atoms with van der Waals surface area (Å²) in [4.78, 5) is 23.9. The maximum Gasteiger partial charge on any atom is 0.272 e. The fourth-order valence-corrected chi connectivity index (χ4v) is 2.43. The Morgan fingerprint density at radius 3 is 2.48 bits per heavy atom. The normalized spacial score (nSPS) is 14.8. The van der Waals surface area contributed by atoms with Gasteiger partial charge in [-0.1, -0.05) is 41.4 Å². The third-order valence-electron chi connectivity index (χ3n) is 3.30. The first kappa shape index (κ1) is 17.0. The molecule has 0 atom stereocenters. The third-order valence-corrected chi connectivity index (χ3v) is 4.04. The molecule has 0 aromatic heterocycles. The summed E-state index contributed by atoms with van der Waals surface area (Å²) in [7, 11) is 0. The Bertz CT molecular complexity index is 909. The summed E-state index contributed by atoms with van der Waals surface area (Å²) in [6.07, 6.45) is 2.56. The highest BCUT2D eigenvalue weighted by Gasteiger charge is 2.19. The molecule has 8 heteroatoms. The van der Waals surface area contributed by atoms with E-state index in [1.165, 1.54) is 6.21 Å². The minimum absolute atomic E-state index is 0.126. The van der Waals surface area contributed by atoms with Gasteiger partial charge in [-0.25, -0.2) is 5.43 Å². The Balaban J connectivity index is 1.65. The number of carbonyl (C=O) groups is 2. The maximum atomic E-state index is 12.0. The van der Waals surface area contributed by atoms with Crippen molar-refractivity contribution in [1.29, 1.82) is 0 Å². The van der Waals surface area contributed by atoms with Gasteiger partial charge in [0.15, 0.2) is 0 Å². The minimum Gasteiger partial charge on any atom is -0.349 e. The average Bonchev–Trinajstić information content (AvgIpc) is 2.59. The maximum absolute atomic E-state index is 12.0. The number of benzene rings is 2. The van der Waals surface area contributed by atoms with Crippen LogP contribution in [0.25, 0.3) is 0 Å². The highest BCUT2D eigenvalue weighted by atomic mass is 35.5. The summed E-state index contributed by atoms with van der Waals surface area (Å²) in [5, 5.41) is 10.2. The molecule has 25 heavy (non-hydrogen) atoms. The lowest BCUT2D eigenvalue weighted by Gasteiger charge is -2.20. The molecule has 2 amide bonds. The molecule has 3 rings (SSSR count). The van der Waals surface area contributed by atoms with Gasteiger partial charge in [0.25, 0.3) is 11.8 Å². The molecule has 0 saturated heterocycles. The van der Waals surface area contributed by atoms with Crippen LogP contribution in [-0.2, 0) is 9.59 Å². The predicted molar refractivity (Wildman–Crippen MR) is 99.0 cm³/mol. The minimum atomic E-state index is -0.548. The number of nitrogens with zero attached hydrogens (tertiary/aromatic N) is 1. The van der Waals surface area contributed by atoms with Crippen LogP contribution in [0.5, 0.6) is 0 Å². The Labute approximate surface area is 153 Å². The number of hydrogen-bond acceptors (Lipinski definition) is 4. The van der Waals surface area contributed by atoms with Gasteiger partial charge in [0, 0.05) is 6.08 Å². The van der Waals surface area contributed by atoms with E-state index in [1.807, 2.05) is 6.07 Å². The van der Waals surface area contributed by atoms with Gasteiger partial charge in [-0.15, -0.1) is 0 Å². The first-order valence-corrected chi connectivity index (χ1v) is 7.96. The summed E-state index contributed by atoms with van der Waals surface area (Å²) >= 11 is 11.7. The lowest BCUT2D eigenvalue weighted by Crippen LogP contribution is -2.27. The van der Waals surface area contributed by atoms with E-state index in [2.05, 4.69) is 21.2 Å². The molecule has 1 heterocycles. The molecule has 3 N–H and O–H groups in total. The van der Waals surface area contributed by atoms with Crippen LogP contribution in [0.1, 0.15) is 5.56 Å². The van der Waals surface area contributed by atoms with Crippen molar-refractivity contribution in [1.82, 2.24) is 5.43 Å². The van der Waals surface area contributed by atoms with Crippen molar-refractivity contribution in [3.8, 4) is 0 Å². The van der Waals surface area contributed by atoms with Crippen LogP contribution in [0, 0.1) is 0 Å². The number of nitrogens with one attached hydrogen (secondary N) is 3. The van der Waals surface area contributed by atoms with Crippen LogP contribution in [0.2, 0.25) is 10.0 Å². The van der Waals surface area contributed by atoms with Crippen molar-refractivity contribution >= 4 is 52.6 Å². The van der Waals surface area contributed by atoms with Crippen LogP contribution in [0.15, 0.2) is 59.3 Å². The number of anilines is 2. The topological polar surface area (TPSA) is 82.6 Å². The van der Waals surface area contributed by atoms with Crippen molar-refractivity contribution in [3.05, 3.63) is 69.8 Å². The number of halogens is 2. The largest absolute Gasteiger partial charge is 0.349 e. The highest BCUT2D eigenvalue weighted by molar-refractivity contribution is 6.42. The van der Waals surface area contributed by atoms with E-state index < -0.39 is 11.8 Å². The summed E-state index contributed by atoms with van der Waals surface area (Å²) in [5.41, 5.74) is 4.48. The van der Waals surface area contributed by atoms with E-state index in [4.69, 9.17) is 23.2 Å². The van der Waals surface area contributed by atoms with Crippen molar-refractivity contribution in [3.63, 3.8) is 0 Å². The van der Waals surface area contributed by atoms with Crippen LogP contribution in [0.3, 0.4) is 0 Å². The number of hydrogen-bond donors (Lipinski definition) is 3. The number of amides is 2. The monoisotopic (exact) mass is 374 g/mol. The molecule has 2 aromatic carbocycles. The first-order valence-electron chi connectivity index (χ1n) is 7.20. The van der Waals surface area contributed by atoms with Crippen molar-refractivity contribution in [2.75, 3.05) is 10.6 Å². The van der Waals surface area contributed by atoms with E-state index in [0.717, 1.165) is 6.08 Å². The first-order chi connectivity index (χ1) is 12.0. The second-order valence-corrected chi connectivity index (χ2v) is 5.90. The van der Waals surface area contributed by atoms with Gasteiger partial charge in [0.05, 0.1) is 27.6 Å². The molecule has 6 nitrogen and oxygen atoms in total. The van der Waals surface area contributed by atoms with E-state index in [1.54, 1.807) is 36.4 Å². The van der Waals surface area contributed by atoms with E-state index in [0.29, 0.717) is 27.0 Å². The molecule has 0 fully saturated rings. The Morgan fingerprint density at radius 1 is 1.04 bits per heavy atom. The zero-order valence-electron chi connectivity index (χ0n) is 12.7. The van der Waals surface area contributed by atoms with Gasteiger partial charge in [0.1, 0.15) is 5.70 Å². The van der Waals surface area contributed by atoms with Crippen LogP contribution in [0.4, 0.5) is 11.4 Å². The number of fused-ring (bicyclic) bond motifs is 1. The van der Waals surface area contributed by atoms with Gasteiger partial charge >= 0.3 is 0 Å². The highest BCUT2D eigenvalue weighted by Crippen LogP contribution is 2.27. The van der Waals surface area contributed by atoms with Gasteiger partial charge < -0.3 is 10.6 Å². The average molecular weight is 375 g/mol. The third kappa shape index (κ3) is 4.17. The second-order valence-electron chi connectivity index (χ2n) is 5.09. The Morgan fingerprint density at radius 2 is 1.76 bits per heavy atom. The SMILES string of the molecule is O=C(/C=C1\Nc2ccccc2NC1=O)N/N=C\c1ccc(Cl)c(Cl)c1. The summed E-state index contributed by atoms with van der Waals surface area (Å²) < 4.78 is 0. The Hall–Kier alpha value is -2.83. The van der Waals surface area contributed by atoms with Crippen molar-refractivity contribution < 1.29 is 9.59 Å². The van der Waals surface area contributed by atoms with Crippen LogP contribution in [-0.4, -0.2) is 18.0 Å². The van der Waals surface area contributed by atoms with Gasteiger partial charge in [-0.2, -0.15) is 5.10 Å². The van der Waals surface area contributed by atoms with E-state index >= 15 is 0 Å². The lowest BCUT2D eigenvalue weighted by atomic mass is 10.2. The predicted octanol–water partition coefficient (Wildman–Crippen LogP) is 3.39. The molecular weight excluding hydrogens is 363 g/mol. The zero-order valence-corrected chi connectivity index (χ0v) is 14.2. The molecule has 0 aliphatic carbocycles. The Kier molecular flexibility index (Phi) is 5.02. The fraction of sp³-hybridized carbons (Fsp3) is 0. The number of para-hydroxylation sites is 2. The summed E-state index contributed by atoms with van der Waals surface area (Å²) in [6.45, 7) is 0. The molecule has 0 radical (unpaired) electrons. The van der Waals surface area contributed by atoms with E-state index in [9.17, 15) is 9.59 Å². The summed E-state index contributed by atoms with van der Waals surface area (Å²) in [6, 6.07) is 12.1. The molecule has 0 unspecified atom stereocenters. The molecule has 1 aliphatic rings. The second kappa shape index (κ2) is 7.38. The molecule has 2 aromatic rings. The smallest absolute Gasteiger partial charge is 0.272 e. The molecular formula is C17H12Cl2N4O2. The summed E-state index contributed by atoms with van der Waals surface area (Å²) in [5.74, 6) is -0.948. The number of hydrazone groups is 1. The molecule has 126 valence electrons.